The molecule has 4 heteroatoms. The van der Waals surface area contributed by atoms with Crippen molar-refractivity contribution in [1.29, 1.82) is 0 Å². The number of benzene rings is 1. The number of hydrogen-bond donors (Lipinski definition) is 0. The van der Waals surface area contributed by atoms with Gasteiger partial charge in [0.2, 0.25) is 17.7 Å². The monoisotopic (exact) mass is 258 g/mol. The Morgan fingerprint density at radius 1 is 1.26 bits per heavy atom. The van der Waals surface area contributed by atoms with Gasteiger partial charge in [-0.3, -0.25) is 9.59 Å². The average Bonchev–Trinajstić information content (AvgIpc) is 2.67. The molecule has 1 aromatic carbocycles. The second-order valence-corrected chi connectivity index (χ2v) is 4.11. The molecule has 1 unspecified atom stereocenters. The van der Waals surface area contributed by atoms with Gasteiger partial charge >= 0.3 is 0 Å². The zero-order chi connectivity index (χ0) is 13.8. The Morgan fingerprint density at radius 2 is 2.05 bits per heavy atom. The molecule has 1 aromatic rings. The highest BCUT2D eigenvalue weighted by atomic mass is 16.5. The van der Waals surface area contributed by atoms with Crippen LogP contribution in [-0.4, -0.2) is 24.3 Å². The minimum atomic E-state index is -1.16. The molecular formula is C15H14O4. The molecule has 0 saturated heterocycles. The molecule has 19 heavy (non-hydrogen) atoms. The molecule has 4 nitrogen and oxygen atoms in total. The highest BCUT2D eigenvalue weighted by molar-refractivity contribution is 6.29. The molecule has 0 aromatic heterocycles. The van der Waals surface area contributed by atoms with E-state index in [4.69, 9.17) is 9.47 Å². The lowest BCUT2D eigenvalue weighted by Gasteiger charge is -2.08. The van der Waals surface area contributed by atoms with Crippen molar-refractivity contribution in [3.05, 3.63) is 29.3 Å². The van der Waals surface area contributed by atoms with Gasteiger partial charge in [0.1, 0.15) is 11.9 Å². The Kier molecular flexibility index (Phi) is 3.86. The maximum absolute atomic E-state index is 12.2. The molecule has 0 bridgehead atoms. The fourth-order valence-corrected chi connectivity index (χ4v) is 1.94. The third-order valence-electron chi connectivity index (χ3n) is 2.75. The van der Waals surface area contributed by atoms with E-state index in [1.54, 1.807) is 25.1 Å². The number of Topliss-reactive ketones (excluding diaryl/α,β-unsaturated/α-hetero) is 2. The van der Waals surface area contributed by atoms with Crippen LogP contribution in [0, 0.1) is 12.0 Å². The number of rotatable bonds is 4. The fourth-order valence-electron chi connectivity index (χ4n) is 1.94. The average molecular weight is 258 g/mol. The number of carbonyl (C=O) groups excluding carboxylic acids is 2. The lowest BCUT2D eigenvalue weighted by molar-refractivity contribution is 0.0658. The van der Waals surface area contributed by atoms with Crippen LogP contribution in [0.3, 0.4) is 0 Å². The van der Waals surface area contributed by atoms with Gasteiger partial charge in [0.05, 0.1) is 12.2 Å². The van der Waals surface area contributed by atoms with Gasteiger partial charge in [-0.15, -0.1) is 0 Å². The summed E-state index contributed by atoms with van der Waals surface area (Å²) < 4.78 is 10.5. The van der Waals surface area contributed by atoms with Crippen LogP contribution in [0.2, 0.25) is 0 Å². The summed E-state index contributed by atoms with van der Waals surface area (Å²) in [5, 5.41) is 0. The van der Waals surface area contributed by atoms with Crippen molar-refractivity contribution >= 4 is 11.6 Å². The molecule has 0 fully saturated rings. The Hall–Kier alpha value is -2.28. The first-order valence-corrected chi connectivity index (χ1v) is 6.12. The lowest BCUT2D eigenvalue weighted by atomic mass is 10.1. The number of hydrogen-bond acceptors (Lipinski definition) is 4. The highest BCUT2D eigenvalue weighted by Crippen LogP contribution is 2.32. The number of ketones is 2. The molecule has 0 radical (unpaired) electrons. The van der Waals surface area contributed by atoms with Crippen LogP contribution >= 0.6 is 0 Å². The van der Waals surface area contributed by atoms with Gasteiger partial charge in [-0.05, 0) is 12.5 Å². The summed E-state index contributed by atoms with van der Waals surface area (Å²) in [5.74, 6) is 2.20. The predicted octanol–water partition coefficient (Wildman–Crippen LogP) is 2.22. The second kappa shape index (κ2) is 5.57. The maximum Gasteiger partial charge on any atom is 0.235 e. The largest absolute Gasteiger partial charge is 0.493 e. The minimum Gasteiger partial charge on any atom is -0.493 e. The first-order valence-electron chi connectivity index (χ1n) is 6.12. The van der Waals surface area contributed by atoms with Crippen LogP contribution in [-0.2, 0) is 4.74 Å². The Bertz CT molecular complexity index is 578. The summed E-state index contributed by atoms with van der Waals surface area (Å²) in [6, 6.07) is 4.99. The van der Waals surface area contributed by atoms with E-state index in [-0.39, 0.29) is 11.6 Å². The summed E-state index contributed by atoms with van der Waals surface area (Å²) in [6.07, 6.45) is 1.98. The van der Waals surface area contributed by atoms with Crippen molar-refractivity contribution in [3.8, 4) is 17.8 Å². The molecule has 0 aliphatic heterocycles. The van der Waals surface area contributed by atoms with Crippen LogP contribution in [0.1, 0.15) is 41.0 Å². The van der Waals surface area contributed by atoms with Gasteiger partial charge in [0.25, 0.3) is 0 Å². The van der Waals surface area contributed by atoms with E-state index in [0.717, 1.165) is 6.42 Å². The van der Waals surface area contributed by atoms with Gasteiger partial charge in [0.15, 0.2) is 0 Å². The van der Waals surface area contributed by atoms with Gasteiger partial charge < -0.3 is 9.47 Å². The van der Waals surface area contributed by atoms with Gasteiger partial charge in [-0.2, -0.15) is 0 Å². The van der Waals surface area contributed by atoms with Crippen molar-refractivity contribution < 1.29 is 19.1 Å². The van der Waals surface area contributed by atoms with E-state index < -0.39 is 6.10 Å². The lowest BCUT2D eigenvalue weighted by Crippen LogP contribution is -2.24. The maximum atomic E-state index is 12.2. The number of carbonyl (C=O) groups is 2. The van der Waals surface area contributed by atoms with Crippen molar-refractivity contribution in [2.45, 2.75) is 26.4 Å². The molecule has 2 rings (SSSR count). The first kappa shape index (κ1) is 13.2. The van der Waals surface area contributed by atoms with Gasteiger partial charge in [-0.1, -0.05) is 25.0 Å². The highest BCUT2D eigenvalue weighted by Gasteiger charge is 2.42. The van der Waals surface area contributed by atoms with Crippen molar-refractivity contribution in [3.63, 3.8) is 0 Å². The van der Waals surface area contributed by atoms with Crippen molar-refractivity contribution in [2.75, 3.05) is 6.61 Å². The smallest absolute Gasteiger partial charge is 0.235 e. The standard InChI is InChI=1S/C15H14O4/c1-3-8-18-11-7-5-6-10-12(11)14(17)15(13(10)16)19-9-4-2/h5-7,15H,3,8H2,1-2H3. The van der Waals surface area contributed by atoms with Crippen molar-refractivity contribution in [2.24, 2.45) is 0 Å². The van der Waals surface area contributed by atoms with E-state index >= 15 is 0 Å². The predicted molar refractivity (Wildman–Crippen MR) is 69.2 cm³/mol. The van der Waals surface area contributed by atoms with Crippen LogP contribution in [0.15, 0.2) is 18.2 Å². The molecule has 1 aliphatic carbocycles. The summed E-state index contributed by atoms with van der Waals surface area (Å²) in [7, 11) is 0. The minimum absolute atomic E-state index is 0.309. The Labute approximate surface area is 111 Å². The van der Waals surface area contributed by atoms with Crippen LogP contribution in [0.5, 0.6) is 5.75 Å². The molecule has 1 aliphatic rings. The fraction of sp³-hybridized carbons (Fsp3) is 0.333. The SMILES string of the molecule is CC#COC1C(=O)c2cccc(OCCC)c2C1=O. The second-order valence-electron chi connectivity index (χ2n) is 4.11. The number of ether oxygens (including phenoxy) is 2. The Balaban J connectivity index is 2.37. The molecule has 0 N–H and O–H groups in total. The number of fused-ring (bicyclic) bond motifs is 1. The third-order valence-corrected chi connectivity index (χ3v) is 2.75. The van der Waals surface area contributed by atoms with E-state index in [1.807, 2.05) is 6.92 Å². The molecule has 0 amide bonds. The summed E-state index contributed by atoms with van der Waals surface area (Å²) in [6.45, 7) is 4.05. The molecule has 0 spiro atoms. The van der Waals surface area contributed by atoms with Crippen LogP contribution < -0.4 is 4.74 Å². The molecule has 0 saturated carbocycles. The summed E-state index contributed by atoms with van der Waals surface area (Å²) >= 11 is 0. The van der Waals surface area contributed by atoms with E-state index in [2.05, 4.69) is 12.0 Å². The summed E-state index contributed by atoms with van der Waals surface area (Å²) in [5.41, 5.74) is 0.658. The van der Waals surface area contributed by atoms with Crippen molar-refractivity contribution in [1.82, 2.24) is 0 Å². The Morgan fingerprint density at radius 3 is 2.74 bits per heavy atom. The quantitative estimate of drug-likeness (QED) is 0.614. The van der Waals surface area contributed by atoms with Gasteiger partial charge in [0, 0.05) is 12.5 Å². The van der Waals surface area contributed by atoms with E-state index in [1.165, 1.54) is 0 Å². The third kappa shape index (κ3) is 2.32. The van der Waals surface area contributed by atoms with E-state index in [0.29, 0.717) is 23.5 Å². The molecule has 0 heterocycles. The molecular weight excluding hydrogens is 244 g/mol. The first-order chi connectivity index (χ1) is 9.20. The topological polar surface area (TPSA) is 52.6 Å². The zero-order valence-electron chi connectivity index (χ0n) is 10.9. The molecule has 1 atom stereocenters. The van der Waals surface area contributed by atoms with Crippen LogP contribution in [0.4, 0.5) is 0 Å². The summed E-state index contributed by atoms with van der Waals surface area (Å²) in [4.78, 5) is 24.3. The van der Waals surface area contributed by atoms with E-state index in [9.17, 15) is 9.59 Å². The normalized spacial score (nSPS) is 16.6. The van der Waals surface area contributed by atoms with Gasteiger partial charge in [-0.25, -0.2) is 0 Å². The zero-order valence-corrected chi connectivity index (χ0v) is 10.9. The molecule has 98 valence electrons. The van der Waals surface area contributed by atoms with Crippen LogP contribution in [0.25, 0.3) is 0 Å².